The highest BCUT2D eigenvalue weighted by Crippen LogP contribution is 2.42. The van der Waals surface area contributed by atoms with Crippen molar-refractivity contribution in [1.82, 2.24) is 0 Å². The molecule has 14 nitrogen and oxygen atoms in total. The van der Waals surface area contributed by atoms with Crippen molar-refractivity contribution in [3.8, 4) is 58.1 Å². The van der Waals surface area contributed by atoms with E-state index in [1.54, 1.807) is 0 Å². The van der Waals surface area contributed by atoms with Crippen LogP contribution < -0.4 is 37.9 Å². The van der Waals surface area contributed by atoms with E-state index in [2.05, 4.69) is 121 Å². The number of benzene rings is 12. The van der Waals surface area contributed by atoms with Crippen LogP contribution in [-0.2, 0) is 57.5 Å². The highest BCUT2D eigenvalue weighted by molar-refractivity contribution is 6.09. The maximum Gasteiger partial charge on any atom is 0.161 e. The van der Waals surface area contributed by atoms with Gasteiger partial charge in [0.1, 0.15) is 88.0 Å². The van der Waals surface area contributed by atoms with Crippen LogP contribution in [0.4, 0.5) is 0 Å². The summed E-state index contributed by atoms with van der Waals surface area (Å²) in [5.74, 6) is 5.47. The first kappa shape index (κ1) is 66.8. The predicted octanol–water partition coefficient (Wildman–Crippen LogP) is 16.4. The van der Waals surface area contributed by atoms with E-state index in [-0.39, 0.29) is 52.9 Å². The lowest BCUT2D eigenvalue weighted by Crippen LogP contribution is -2.15. The summed E-state index contributed by atoms with van der Waals surface area (Å²) in [5, 5.41) is 28.6. The van der Waals surface area contributed by atoms with Gasteiger partial charge >= 0.3 is 0 Å². The van der Waals surface area contributed by atoms with Gasteiger partial charge in [-0.05, 0) is 125 Å². The van der Waals surface area contributed by atoms with Crippen LogP contribution >= 0.6 is 0 Å². The largest absolute Gasteiger partial charge is 0.491 e. The third kappa shape index (κ3) is 14.9. The number of nitrogens with zero attached hydrogens (tertiary/aromatic N) is 2. The molecule has 4 heterocycles. The van der Waals surface area contributed by atoms with Crippen molar-refractivity contribution >= 4 is 43.1 Å². The van der Waals surface area contributed by atoms with Crippen LogP contribution in [0.25, 0.3) is 43.1 Å². The fourth-order valence-corrected chi connectivity index (χ4v) is 14.5. The number of fused-ring (bicyclic) bond motifs is 28. The first-order valence-electron chi connectivity index (χ1n) is 35.2. The quantitative estimate of drug-likeness (QED) is 0.121. The Morgan fingerprint density at radius 3 is 0.725 bits per heavy atom. The van der Waals surface area contributed by atoms with E-state index < -0.39 is 0 Å². The number of hydrogen-bond acceptors (Lipinski definition) is 14. The zero-order valence-corrected chi connectivity index (χ0v) is 57.0. The fourth-order valence-electron chi connectivity index (χ4n) is 14.5. The van der Waals surface area contributed by atoms with E-state index in [0.717, 1.165) is 133 Å². The van der Waals surface area contributed by atoms with Gasteiger partial charge in [0.25, 0.3) is 0 Å². The number of rotatable bonds is 4. The molecule has 5 aliphatic rings. The zero-order valence-electron chi connectivity index (χ0n) is 57.0. The standard InChI is InChI=1S/C88H78N2O12/c89-57-79-73-25-5-1-21-69(73)77(70-22-2-6-26-74(70)79)49-59-29-31-81-83(51-59)97-43-35-93-39-47-101-87-65-17-11-19-67(87)56-68-20-12-18-66-55-63-15-9-13-61(85(63)99-45-37-91-33-41-95-81)53-62-14-10-16-64(54-65)86(62)100-46-38-92-34-42-96-82-32-30-60(52-84(82)98-44-36-94-40-48-102-88(66)68)50-78-71-23-3-7-27-75(71)80(58-90)76-28-8-4-24-72(76)78/h1-32,51-52H,33-50,53-56H2. The molecule has 0 atom stereocenters. The molecule has 0 amide bonds. The molecule has 0 aromatic heterocycles. The lowest BCUT2D eigenvalue weighted by atomic mass is 9.89. The van der Waals surface area contributed by atoms with Gasteiger partial charge < -0.3 is 56.8 Å². The Labute approximate surface area is 593 Å². The molecule has 512 valence electrons. The van der Waals surface area contributed by atoms with Crippen LogP contribution in [0.3, 0.4) is 0 Å². The number of nitriles is 2. The molecule has 4 aliphatic heterocycles. The second kappa shape index (κ2) is 32.0. The Hall–Kier alpha value is -11.1. The molecule has 12 aromatic carbocycles. The average Bonchev–Trinajstić information content (AvgIpc) is 0.684. The van der Waals surface area contributed by atoms with E-state index in [1.165, 1.54) is 0 Å². The molecule has 0 radical (unpaired) electrons. The van der Waals surface area contributed by atoms with Crippen molar-refractivity contribution in [3.05, 3.63) is 284 Å². The van der Waals surface area contributed by atoms with E-state index in [1.807, 2.05) is 97.1 Å². The summed E-state index contributed by atoms with van der Waals surface area (Å²) in [6.45, 7) is 4.52. The molecule has 0 saturated carbocycles. The minimum atomic E-state index is 0.256. The lowest BCUT2D eigenvalue weighted by molar-refractivity contribution is 0.0695. The van der Waals surface area contributed by atoms with Gasteiger partial charge in [0.05, 0.1) is 64.0 Å². The molecular formula is C88H78N2O12. The van der Waals surface area contributed by atoms with Gasteiger partial charge in [0.2, 0.25) is 0 Å². The Balaban J connectivity index is 0.719. The van der Waals surface area contributed by atoms with Crippen LogP contribution in [0.5, 0.6) is 46.0 Å². The van der Waals surface area contributed by atoms with Crippen LogP contribution in [-0.4, -0.2) is 106 Å². The van der Waals surface area contributed by atoms with Gasteiger partial charge in [-0.15, -0.1) is 0 Å². The number of para-hydroxylation sites is 4. The Bertz CT molecular complexity index is 4680. The third-order valence-electron chi connectivity index (χ3n) is 19.2. The predicted molar refractivity (Wildman–Crippen MR) is 395 cm³/mol. The molecule has 0 spiro atoms. The summed E-state index contributed by atoms with van der Waals surface area (Å²) in [6, 6.07) is 75.3. The molecule has 17 rings (SSSR count). The van der Waals surface area contributed by atoms with Crippen molar-refractivity contribution < 1.29 is 56.8 Å². The second-order valence-electron chi connectivity index (χ2n) is 25.6. The highest BCUT2D eigenvalue weighted by atomic mass is 16.6. The SMILES string of the molecule is N#Cc1c2ccccc2c(Cc2ccc3c(c2)OCCOCCOc2c4cccc2Cc2cccc5c2OCCOCCOc2cc(Cc6c7ccccc7c(C#N)c7ccccc67)ccc2OCCOCCOc2c(cccc2C4)Cc2cccc(c2OCCOCCO3)C5)c2ccccc12. The minimum Gasteiger partial charge on any atom is -0.491 e. The van der Waals surface area contributed by atoms with Gasteiger partial charge in [-0.1, -0.05) is 182 Å². The maximum absolute atomic E-state index is 10.4. The van der Waals surface area contributed by atoms with Crippen LogP contribution in [0.2, 0.25) is 0 Å². The van der Waals surface area contributed by atoms with E-state index in [0.29, 0.717) is 126 Å². The zero-order chi connectivity index (χ0) is 68.8. The molecule has 0 unspecified atom stereocenters. The van der Waals surface area contributed by atoms with E-state index in [4.69, 9.17) is 56.8 Å². The summed E-state index contributed by atoms with van der Waals surface area (Å²) < 4.78 is 79.3. The molecule has 0 saturated heterocycles. The van der Waals surface area contributed by atoms with Crippen molar-refractivity contribution in [2.24, 2.45) is 0 Å². The fraction of sp³-hybridized carbons (Fsp3) is 0.250. The first-order chi connectivity index (χ1) is 50.5. The molecule has 12 bridgehead atoms. The maximum atomic E-state index is 10.4. The molecular weight excluding hydrogens is 1280 g/mol. The first-order valence-corrected chi connectivity index (χ1v) is 35.2. The van der Waals surface area contributed by atoms with Crippen molar-refractivity contribution in [1.29, 1.82) is 10.5 Å². The van der Waals surface area contributed by atoms with Gasteiger partial charge in [-0.25, -0.2) is 0 Å². The Morgan fingerprint density at radius 1 is 0.235 bits per heavy atom. The molecule has 14 heteroatoms. The smallest absolute Gasteiger partial charge is 0.161 e. The Morgan fingerprint density at radius 2 is 0.471 bits per heavy atom. The summed E-state index contributed by atoms with van der Waals surface area (Å²) in [6.07, 6.45) is 3.21. The van der Waals surface area contributed by atoms with Crippen LogP contribution in [0.1, 0.15) is 77.9 Å². The van der Waals surface area contributed by atoms with Crippen LogP contribution in [0.15, 0.2) is 206 Å². The molecule has 12 aromatic rings. The summed E-state index contributed by atoms with van der Waals surface area (Å²) in [5.41, 5.74) is 13.6. The van der Waals surface area contributed by atoms with Gasteiger partial charge in [0, 0.05) is 47.2 Å². The van der Waals surface area contributed by atoms with Crippen molar-refractivity contribution in [2.75, 3.05) is 106 Å². The van der Waals surface area contributed by atoms with Gasteiger partial charge in [-0.2, -0.15) is 10.5 Å². The normalized spacial score (nSPS) is 15.2. The van der Waals surface area contributed by atoms with Crippen molar-refractivity contribution in [2.45, 2.75) is 38.5 Å². The molecule has 1 aliphatic carbocycles. The molecule has 102 heavy (non-hydrogen) atoms. The van der Waals surface area contributed by atoms with E-state index in [9.17, 15) is 10.5 Å². The summed E-state index contributed by atoms with van der Waals surface area (Å²) >= 11 is 0. The summed E-state index contributed by atoms with van der Waals surface area (Å²) in [7, 11) is 0. The minimum absolute atomic E-state index is 0.256. The van der Waals surface area contributed by atoms with E-state index >= 15 is 0 Å². The highest BCUT2D eigenvalue weighted by Gasteiger charge is 2.24. The molecule has 0 fully saturated rings. The van der Waals surface area contributed by atoms with Gasteiger partial charge in [-0.3, -0.25) is 0 Å². The van der Waals surface area contributed by atoms with Gasteiger partial charge in [0.15, 0.2) is 23.0 Å². The Kier molecular flexibility index (Phi) is 21.0. The second-order valence-corrected chi connectivity index (χ2v) is 25.6. The number of ether oxygens (including phenoxy) is 12. The monoisotopic (exact) mass is 1350 g/mol. The number of hydrogen-bond donors (Lipinski definition) is 0. The van der Waals surface area contributed by atoms with Crippen LogP contribution in [0, 0.1) is 22.7 Å². The third-order valence-corrected chi connectivity index (χ3v) is 19.2. The summed E-state index contributed by atoms with van der Waals surface area (Å²) in [4.78, 5) is 0. The topological polar surface area (TPSA) is 158 Å². The van der Waals surface area contributed by atoms with Crippen molar-refractivity contribution in [3.63, 3.8) is 0 Å². The molecule has 0 N–H and O–H groups in total. The lowest BCUT2D eigenvalue weighted by Gasteiger charge is -2.23. The average molecular weight is 1360 g/mol.